The third-order valence-corrected chi connectivity index (χ3v) is 5.03. The van der Waals surface area contributed by atoms with Crippen molar-refractivity contribution in [1.82, 2.24) is 4.90 Å². The zero-order valence-electron chi connectivity index (χ0n) is 12.4. The molecule has 1 aromatic rings. The highest BCUT2D eigenvalue weighted by Crippen LogP contribution is 2.29. The van der Waals surface area contributed by atoms with Crippen LogP contribution < -0.4 is 5.73 Å². The fourth-order valence-electron chi connectivity index (χ4n) is 2.37. The molecule has 1 aromatic carbocycles. The molecule has 2 rings (SSSR count). The van der Waals surface area contributed by atoms with Crippen LogP contribution in [0.2, 0.25) is 10.0 Å². The van der Waals surface area contributed by atoms with Crippen molar-refractivity contribution in [2.24, 2.45) is 5.73 Å². The molecule has 0 radical (unpaired) electrons. The third-order valence-electron chi connectivity index (χ3n) is 3.64. The van der Waals surface area contributed by atoms with Crippen LogP contribution in [0.15, 0.2) is 18.2 Å². The predicted octanol–water partition coefficient (Wildman–Crippen LogP) is 2.97. The number of hydrogen-bond acceptors (Lipinski definition) is 4. The summed E-state index contributed by atoms with van der Waals surface area (Å²) in [4.78, 5) is 14.2. The van der Waals surface area contributed by atoms with E-state index in [-0.39, 0.29) is 12.0 Å². The van der Waals surface area contributed by atoms with E-state index in [0.717, 1.165) is 11.3 Å². The first kappa shape index (κ1) is 17.9. The van der Waals surface area contributed by atoms with Crippen LogP contribution in [0.5, 0.6) is 0 Å². The maximum absolute atomic E-state index is 12.4. The fourth-order valence-corrected chi connectivity index (χ4v) is 3.16. The summed E-state index contributed by atoms with van der Waals surface area (Å²) in [6.45, 7) is 1.55. The summed E-state index contributed by atoms with van der Waals surface area (Å²) in [7, 11) is 0. The summed E-state index contributed by atoms with van der Waals surface area (Å²) >= 11 is 13.7. The standard InChI is InChI=1S/C15H20Cl2N2O2S/c1-22-7-4-13(18)15(20)19-5-6-21-14(9-19)10-2-3-11(16)12(17)8-10/h2-3,8,13-14H,4-7,9,18H2,1H3/t13-,14?/m0/s1. The summed E-state index contributed by atoms with van der Waals surface area (Å²) < 4.78 is 5.76. The number of carbonyl (C=O) groups is 1. The SMILES string of the molecule is CSCC[C@H](N)C(=O)N1CCOC(c2ccc(Cl)c(Cl)c2)C1. The van der Waals surface area contributed by atoms with E-state index >= 15 is 0 Å². The molecule has 0 spiro atoms. The van der Waals surface area contributed by atoms with Crippen molar-refractivity contribution in [3.05, 3.63) is 33.8 Å². The van der Waals surface area contributed by atoms with Crippen LogP contribution in [0.3, 0.4) is 0 Å². The molecular formula is C15H20Cl2N2O2S. The molecule has 4 nitrogen and oxygen atoms in total. The average Bonchev–Trinajstić information content (AvgIpc) is 2.54. The van der Waals surface area contributed by atoms with Crippen LogP contribution in [0.1, 0.15) is 18.1 Å². The molecule has 22 heavy (non-hydrogen) atoms. The van der Waals surface area contributed by atoms with Gasteiger partial charge in [0.15, 0.2) is 0 Å². The van der Waals surface area contributed by atoms with Crippen molar-refractivity contribution >= 4 is 40.9 Å². The Balaban J connectivity index is 2.01. The molecule has 0 aromatic heterocycles. The van der Waals surface area contributed by atoms with Crippen molar-refractivity contribution in [2.75, 3.05) is 31.7 Å². The molecule has 0 bridgehead atoms. The minimum atomic E-state index is -0.444. The van der Waals surface area contributed by atoms with E-state index in [2.05, 4.69) is 0 Å². The minimum absolute atomic E-state index is 0.0117. The van der Waals surface area contributed by atoms with Crippen LogP contribution in [-0.2, 0) is 9.53 Å². The number of rotatable bonds is 5. The van der Waals surface area contributed by atoms with Gasteiger partial charge in [0.1, 0.15) is 6.10 Å². The number of thioether (sulfide) groups is 1. The number of carbonyl (C=O) groups excluding carboxylic acids is 1. The molecule has 122 valence electrons. The number of nitrogens with zero attached hydrogens (tertiary/aromatic N) is 1. The van der Waals surface area contributed by atoms with Gasteiger partial charge in [-0.25, -0.2) is 0 Å². The Morgan fingerprint density at radius 2 is 2.27 bits per heavy atom. The molecule has 1 amide bonds. The highest BCUT2D eigenvalue weighted by molar-refractivity contribution is 7.98. The van der Waals surface area contributed by atoms with Crippen LogP contribution in [-0.4, -0.2) is 48.6 Å². The van der Waals surface area contributed by atoms with E-state index < -0.39 is 6.04 Å². The number of amides is 1. The molecule has 0 aliphatic carbocycles. The number of nitrogens with two attached hydrogens (primary N) is 1. The lowest BCUT2D eigenvalue weighted by molar-refractivity contribution is -0.140. The van der Waals surface area contributed by atoms with E-state index in [1.807, 2.05) is 12.3 Å². The zero-order valence-corrected chi connectivity index (χ0v) is 14.8. The number of hydrogen-bond donors (Lipinski definition) is 1. The summed E-state index contributed by atoms with van der Waals surface area (Å²) in [5, 5.41) is 0.996. The molecule has 1 aliphatic rings. The van der Waals surface area contributed by atoms with Gasteiger partial charge in [-0.05, 0) is 36.1 Å². The fraction of sp³-hybridized carbons (Fsp3) is 0.533. The molecule has 2 atom stereocenters. The predicted molar refractivity (Wildman–Crippen MR) is 92.7 cm³/mol. The molecule has 0 saturated carbocycles. The zero-order chi connectivity index (χ0) is 16.1. The van der Waals surface area contributed by atoms with Crippen molar-refractivity contribution < 1.29 is 9.53 Å². The first-order valence-corrected chi connectivity index (χ1v) is 9.27. The smallest absolute Gasteiger partial charge is 0.239 e. The number of halogens is 2. The van der Waals surface area contributed by atoms with Crippen molar-refractivity contribution in [3.8, 4) is 0 Å². The number of benzene rings is 1. The van der Waals surface area contributed by atoms with Gasteiger partial charge in [-0.3, -0.25) is 4.79 Å². The Morgan fingerprint density at radius 3 is 2.95 bits per heavy atom. The minimum Gasteiger partial charge on any atom is -0.370 e. The third kappa shape index (κ3) is 4.52. The van der Waals surface area contributed by atoms with Gasteiger partial charge in [-0.2, -0.15) is 11.8 Å². The largest absolute Gasteiger partial charge is 0.370 e. The van der Waals surface area contributed by atoms with Crippen molar-refractivity contribution in [3.63, 3.8) is 0 Å². The van der Waals surface area contributed by atoms with E-state index in [9.17, 15) is 4.79 Å². The molecule has 1 unspecified atom stereocenters. The van der Waals surface area contributed by atoms with Gasteiger partial charge in [0.25, 0.3) is 0 Å². The number of morpholine rings is 1. The number of ether oxygens (including phenoxy) is 1. The normalized spacial score (nSPS) is 20.0. The molecular weight excluding hydrogens is 343 g/mol. The van der Waals surface area contributed by atoms with Gasteiger partial charge in [0, 0.05) is 6.54 Å². The Kier molecular flexibility index (Phi) is 6.84. The monoisotopic (exact) mass is 362 g/mol. The van der Waals surface area contributed by atoms with Gasteiger partial charge >= 0.3 is 0 Å². The van der Waals surface area contributed by atoms with Gasteiger partial charge in [-0.15, -0.1) is 0 Å². The molecule has 1 aliphatic heterocycles. The van der Waals surface area contributed by atoms with E-state index in [0.29, 0.717) is 36.2 Å². The van der Waals surface area contributed by atoms with E-state index in [4.69, 9.17) is 33.7 Å². The Labute approximate surface area is 145 Å². The summed E-state index contributed by atoms with van der Waals surface area (Å²) in [6.07, 6.45) is 2.50. The maximum Gasteiger partial charge on any atom is 0.239 e. The lowest BCUT2D eigenvalue weighted by Crippen LogP contribution is -2.49. The Bertz CT molecular complexity index is 530. The lowest BCUT2D eigenvalue weighted by atomic mass is 10.1. The van der Waals surface area contributed by atoms with Crippen LogP contribution in [0.4, 0.5) is 0 Å². The first-order chi connectivity index (χ1) is 10.5. The Morgan fingerprint density at radius 1 is 1.50 bits per heavy atom. The average molecular weight is 363 g/mol. The highest BCUT2D eigenvalue weighted by atomic mass is 35.5. The highest BCUT2D eigenvalue weighted by Gasteiger charge is 2.28. The maximum atomic E-state index is 12.4. The van der Waals surface area contributed by atoms with Crippen LogP contribution in [0, 0.1) is 0 Å². The Hall–Kier alpha value is -0.460. The first-order valence-electron chi connectivity index (χ1n) is 7.12. The van der Waals surface area contributed by atoms with Crippen LogP contribution >= 0.6 is 35.0 Å². The van der Waals surface area contributed by atoms with Gasteiger partial charge in [-0.1, -0.05) is 29.3 Å². The second-order valence-corrected chi connectivity index (χ2v) is 7.01. The van der Waals surface area contributed by atoms with Crippen molar-refractivity contribution in [1.29, 1.82) is 0 Å². The molecule has 1 heterocycles. The summed E-state index contributed by atoms with van der Waals surface area (Å²) in [5.41, 5.74) is 6.90. The van der Waals surface area contributed by atoms with Gasteiger partial charge in [0.2, 0.25) is 5.91 Å². The molecule has 2 N–H and O–H groups in total. The molecule has 1 saturated heterocycles. The summed E-state index contributed by atoms with van der Waals surface area (Å²) in [6, 6.07) is 4.96. The van der Waals surface area contributed by atoms with Gasteiger partial charge < -0.3 is 15.4 Å². The second kappa shape index (κ2) is 8.41. The molecule has 1 fully saturated rings. The van der Waals surface area contributed by atoms with E-state index in [1.54, 1.807) is 28.8 Å². The second-order valence-electron chi connectivity index (χ2n) is 5.21. The molecule has 7 heteroatoms. The summed E-state index contributed by atoms with van der Waals surface area (Å²) in [5.74, 6) is 0.871. The van der Waals surface area contributed by atoms with Crippen LogP contribution in [0.25, 0.3) is 0 Å². The quantitative estimate of drug-likeness (QED) is 0.874. The topological polar surface area (TPSA) is 55.6 Å². The lowest BCUT2D eigenvalue weighted by Gasteiger charge is -2.34. The van der Waals surface area contributed by atoms with Crippen molar-refractivity contribution in [2.45, 2.75) is 18.6 Å². The van der Waals surface area contributed by atoms with Gasteiger partial charge in [0.05, 0.1) is 29.2 Å². The van der Waals surface area contributed by atoms with E-state index in [1.165, 1.54) is 0 Å².